The summed E-state index contributed by atoms with van der Waals surface area (Å²) in [5, 5.41) is 1.27. The SMILES string of the molecule is CN(C)OC(=O)Oc1ccccc1. The number of ether oxygens (including phenoxy) is 1. The maximum absolute atomic E-state index is 10.9. The Hall–Kier alpha value is -1.55. The molecule has 0 aliphatic rings. The number of hydroxylamine groups is 2. The fourth-order valence-electron chi connectivity index (χ4n) is 0.752. The van der Waals surface area contributed by atoms with Crippen molar-refractivity contribution in [3.8, 4) is 5.75 Å². The van der Waals surface area contributed by atoms with Crippen LogP contribution in [0.4, 0.5) is 4.79 Å². The average molecular weight is 181 g/mol. The van der Waals surface area contributed by atoms with Crippen LogP contribution in [-0.2, 0) is 4.84 Å². The van der Waals surface area contributed by atoms with Crippen LogP contribution in [0.1, 0.15) is 0 Å². The summed E-state index contributed by atoms with van der Waals surface area (Å²) >= 11 is 0. The molecule has 13 heavy (non-hydrogen) atoms. The average Bonchev–Trinajstić information content (AvgIpc) is 2.04. The van der Waals surface area contributed by atoms with E-state index in [4.69, 9.17) is 4.74 Å². The fraction of sp³-hybridized carbons (Fsp3) is 0.222. The Bertz CT molecular complexity index is 271. The van der Waals surface area contributed by atoms with Crippen LogP contribution in [0.25, 0.3) is 0 Å². The molecule has 0 fully saturated rings. The smallest absolute Gasteiger partial charge is 0.394 e. The van der Waals surface area contributed by atoms with Gasteiger partial charge in [-0.25, -0.2) is 4.79 Å². The lowest BCUT2D eigenvalue weighted by Gasteiger charge is -2.09. The molecule has 0 heterocycles. The molecule has 1 rings (SSSR count). The summed E-state index contributed by atoms with van der Waals surface area (Å²) in [5.74, 6) is 0.467. The first-order valence-corrected chi connectivity index (χ1v) is 3.80. The first-order chi connectivity index (χ1) is 6.18. The summed E-state index contributed by atoms with van der Waals surface area (Å²) in [6.07, 6.45) is -0.740. The van der Waals surface area contributed by atoms with Gasteiger partial charge < -0.3 is 9.57 Å². The molecular weight excluding hydrogens is 170 g/mol. The monoisotopic (exact) mass is 181 g/mol. The first kappa shape index (κ1) is 9.54. The second-order valence-electron chi connectivity index (χ2n) is 2.57. The van der Waals surface area contributed by atoms with Crippen molar-refractivity contribution < 1.29 is 14.4 Å². The van der Waals surface area contributed by atoms with Gasteiger partial charge in [-0.1, -0.05) is 18.2 Å². The van der Waals surface area contributed by atoms with E-state index < -0.39 is 6.16 Å². The van der Waals surface area contributed by atoms with E-state index in [1.54, 1.807) is 38.4 Å². The molecule has 0 spiro atoms. The van der Waals surface area contributed by atoms with Crippen LogP contribution in [0.5, 0.6) is 5.75 Å². The molecule has 0 saturated carbocycles. The number of rotatable bonds is 2. The van der Waals surface area contributed by atoms with Gasteiger partial charge in [0.25, 0.3) is 0 Å². The molecule has 4 heteroatoms. The molecule has 0 aliphatic carbocycles. The highest BCUT2D eigenvalue weighted by atomic mass is 16.8. The van der Waals surface area contributed by atoms with Crippen molar-refractivity contribution in [3.63, 3.8) is 0 Å². The fourth-order valence-corrected chi connectivity index (χ4v) is 0.752. The van der Waals surface area contributed by atoms with Crippen molar-refractivity contribution in [1.82, 2.24) is 5.06 Å². The lowest BCUT2D eigenvalue weighted by molar-refractivity contribution is -0.0757. The van der Waals surface area contributed by atoms with Gasteiger partial charge in [-0.15, -0.1) is 5.06 Å². The van der Waals surface area contributed by atoms with E-state index in [2.05, 4.69) is 4.84 Å². The normalized spacial score (nSPS) is 9.77. The Morgan fingerprint density at radius 3 is 2.38 bits per heavy atom. The summed E-state index contributed by atoms with van der Waals surface area (Å²) in [4.78, 5) is 15.6. The highest BCUT2D eigenvalue weighted by Crippen LogP contribution is 2.08. The van der Waals surface area contributed by atoms with Crippen molar-refractivity contribution in [1.29, 1.82) is 0 Å². The molecule has 1 aromatic rings. The van der Waals surface area contributed by atoms with Gasteiger partial charge in [0, 0.05) is 14.1 Å². The molecule has 0 aromatic heterocycles. The van der Waals surface area contributed by atoms with E-state index in [0.717, 1.165) is 0 Å². The topological polar surface area (TPSA) is 38.8 Å². The van der Waals surface area contributed by atoms with Gasteiger partial charge in [-0.3, -0.25) is 0 Å². The summed E-state index contributed by atoms with van der Waals surface area (Å²) < 4.78 is 4.82. The zero-order valence-electron chi connectivity index (χ0n) is 7.56. The first-order valence-electron chi connectivity index (χ1n) is 3.80. The lowest BCUT2D eigenvalue weighted by atomic mass is 10.3. The molecule has 0 radical (unpaired) electrons. The van der Waals surface area contributed by atoms with Gasteiger partial charge >= 0.3 is 6.16 Å². The lowest BCUT2D eigenvalue weighted by Crippen LogP contribution is -2.21. The minimum absolute atomic E-state index is 0.467. The minimum atomic E-state index is -0.740. The van der Waals surface area contributed by atoms with Gasteiger partial charge in [-0.2, -0.15) is 0 Å². The van der Waals surface area contributed by atoms with E-state index in [9.17, 15) is 4.79 Å². The number of nitrogens with zero attached hydrogens (tertiary/aromatic N) is 1. The van der Waals surface area contributed by atoms with Crippen LogP contribution in [0, 0.1) is 0 Å². The highest BCUT2D eigenvalue weighted by Gasteiger charge is 2.06. The second-order valence-corrected chi connectivity index (χ2v) is 2.57. The highest BCUT2D eigenvalue weighted by molar-refractivity contribution is 5.63. The third-order valence-corrected chi connectivity index (χ3v) is 1.20. The molecule has 4 nitrogen and oxygen atoms in total. The van der Waals surface area contributed by atoms with Crippen LogP contribution < -0.4 is 4.74 Å². The number of para-hydroxylation sites is 1. The molecule has 0 amide bonds. The number of carbonyl (C=O) groups is 1. The van der Waals surface area contributed by atoms with Gasteiger partial charge in [-0.05, 0) is 12.1 Å². The van der Waals surface area contributed by atoms with Crippen LogP contribution in [0.3, 0.4) is 0 Å². The third-order valence-electron chi connectivity index (χ3n) is 1.20. The maximum Gasteiger partial charge on any atom is 0.533 e. The van der Waals surface area contributed by atoms with E-state index in [-0.39, 0.29) is 0 Å². The molecule has 1 aromatic carbocycles. The van der Waals surface area contributed by atoms with Crippen molar-refractivity contribution in [3.05, 3.63) is 30.3 Å². The molecule has 0 unspecified atom stereocenters. The number of carbonyl (C=O) groups excluding carboxylic acids is 1. The summed E-state index contributed by atoms with van der Waals surface area (Å²) in [5.41, 5.74) is 0. The Morgan fingerprint density at radius 1 is 1.23 bits per heavy atom. The van der Waals surface area contributed by atoms with Crippen LogP contribution in [0.15, 0.2) is 30.3 Å². The molecule has 0 bridgehead atoms. The number of hydrogen-bond donors (Lipinski definition) is 0. The molecule has 0 N–H and O–H groups in total. The van der Waals surface area contributed by atoms with E-state index >= 15 is 0 Å². The van der Waals surface area contributed by atoms with Crippen molar-refractivity contribution in [2.45, 2.75) is 0 Å². The molecule has 0 aliphatic heterocycles. The van der Waals surface area contributed by atoms with E-state index in [0.29, 0.717) is 5.75 Å². The van der Waals surface area contributed by atoms with Crippen LogP contribution in [0.2, 0.25) is 0 Å². The van der Waals surface area contributed by atoms with Crippen LogP contribution in [-0.4, -0.2) is 25.3 Å². The van der Waals surface area contributed by atoms with Crippen molar-refractivity contribution >= 4 is 6.16 Å². The van der Waals surface area contributed by atoms with Crippen molar-refractivity contribution in [2.75, 3.05) is 14.1 Å². The quantitative estimate of drug-likeness (QED) is 0.395. The summed E-state index contributed by atoms with van der Waals surface area (Å²) in [7, 11) is 3.21. The number of benzene rings is 1. The van der Waals surface area contributed by atoms with E-state index in [1.165, 1.54) is 5.06 Å². The van der Waals surface area contributed by atoms with Gasteiger partial charge in [0.05, 0.1) is 0 Å². The molecule has 0 saturated heterocycles. The van der Waals surface area contributed by atoms with Gasteiger partial charge in [0.2, 0.25) is 0 Å². The van der Waals surface area contributed by atoms with Crippen LogP contribution >= 0.6 is 0 Å². The standard InChI is InChI=1S/C9H11NO3/c1-10(2)13-9(11)12-8-6-4-3-5-7-8/h3-7H,1-2H3. The molecule has 0 atom stereocenters. The van der Waals surface area contributed by atoms with Gasteiger partial charge in [0.15, 0.2) is 0 Å². The zero-order chi connectivity index (χ0) is 9.68. The number of hydrogen-bond acceptors (Lipinski definition) is 4. The molecular formula is C9H11NO3. The van der Waals surface area contributed by atoms with Crippen molar-refractivity contribution in [2.24, 2.45) is 0 Å². The Balaban J connectivity index is 2.46. The minimum Gasteiger partial charge on any atom is -0.394 e. The summed E-state index contributed by atoms with van der Waals surface area (Å²) in [6, 6.07) is 8.74. The van der Waals surface area contributed by atoms with Gasteiger partial charge in [0.1, 0.15) is 5.75 Å². The molecule has 70 valence electrons. The Kier molecular flexibility index (Phi) is 3.28. The Morgan fingerprint density at radius 2 is 1.85 bits per heavy atom. The summed E-state index contributed by atoms with van der Waals surface area (Å²) in [6.45, 7) is 0. The predicted molar refractivity (Wildman–Crippen MR) is 47.2 cm³/mol. The predicted octanol–water partition coefficient (Wildman–Crippen LogP) is 1.68. The largest absolute Gasteiger partial charge is 0.533 e. The second kappa shape index (κ2) is 4.47. The third kappa shape index (κ3) is 3.57. The Labute approximate surface area is 76.6 Å². The zero-order valence-corrected chi connectivity index (χ0v) is 7.56. The van der Waals surface area contributed by atoms with E-state index in [1.807, 2.05) is 6.07 Å². The maximum atomic E-state index is 10.9.